The number of nitrogens with one attached hydrogen (secondary N) is 2. The van der Waals surface area contributed by atoms with Crippen molar-refractivity contribution in [3.05, 3.63) is 47.7 Å². The fraction of sp³-hybridized carbons (Fsp3) is 0.421. The van der Waals surface area contributed by atoms with Gasteiger partial charge in [0.05, 0.1) is 16.5 Å². The lowest BCUT2D eigenvalue weighted by Gasteiger charge is -2.43. The van der Waals surface area contributed by atoms with Gasteiger partial charge >= 0.3 is 0 Å². The van der Waals surface area contributed by atoms with Crippen LogP contribution in [0, 0.1) is 6.92 Å². The summed E-state index contributed by atoms with van der Waals surface area (Å²) in [6.07, 6.45) is 3.02. The van der Waals surface area contributed by atoms with Gasteiger partial charge in [0.2, 0.25) is 11.8 Å². The van der Waals surface area contributed by atoms with Crippen molar-refractivity contribution in [1.82, 2.24) is 10.5 Å². The number of aromatic nitrogens is 1. The van der Waals surface area contributed by atoms with E-state index in [4.69, 9.17) is 4.52 Å². The van der Waals surface area contributed by atoms with Crippen LogP contribution in [0.15, 0.2) is 40.9 Å². The Balaban J connectivity index is 1.49. The molecule has 1 aliphatic carbocycles. The molecule has 0 aliphatic heterocycles. The molecular weight excluding hydrogens is 350 g/mol. The highest BCUT2D eigenvalue weighted by Gasteiger charge is 2.39. The van der Waals surface area contributed by atoms with Crippen molar-refractivity contribution < 1.29 is 14.1 Å². The third-order valence-electron chi connectivity index (χ3n) is 4.63. The molecule has 0 bridgehead atoms. The molecule has 1 unspecified atom stereocenters. The molecule has 2 aromatic rings. The number of carbonyl (C=O) groups is 2. The maximum absolute atomic E-state index is 12.4. The standard InChI is InChI=1S/C19H23N3O3S/c1-13-11-16(22-25-13)20-18(24)14(2)26-12-17(23)21-19(9-6-10-19)15-7-4-3-5-8-15/h3-5,7-8,11,14H,6,9-10,12H2,1-2H3,(H,21,23)(H,20,22,24). The van der Waals surface area contributed by atoms with Gasteiger partial charge in [-0.05, 0) is 38.7 Å². The first-order valence-corrected chi connectivity index (χ1v) is 9.76. The number of aryl methyl sites for hydroxylation is 1. The van der Waals surface area contributed by atoms with Crippen molar-refractivity contribution in [2.75, 3.05) is 11.1 Å². The zero-order valence-electron chi connectivity index (χ0n) is 15.0. The maximum atomic E-state index is 12.4. The number of hydrogen-bond donors (Lipinski definition) is 2. The summed E-state index contributed by atoms with van der Waals surface area (Å²) in [7, 11) is 0. The molecular formula is C19H23N3O3S. The van der Waals surface area contributed by atoms with Gasteiger partial charge in [-0.2, -0.15) is 0 Å². The fourth-order valence-corrected chi connectivity index (χ4v) is 3.69. The van der Waals surface area contributed by atoms with E-state index < -0.39 is 0 Å². The molecule has 1 fully saturated rings. The summed E-state index contributed by atoms with van der Waals surface area (Å²) in [5.41, 5.74) is 0.902. The van der Waals surface area contributed by atoms with Crippen LogP contribution < -0.4 is 10.6 Å². The van der Waals surface area contributed by atoms with Crippen molar-refractivity contribution in [2.24, 2.45) is 0 Å². The Morgan fingerprint density at radius 2 is 2.04 bits per heavy atom. The number of carbonyl (C=O) groups excluding carboxylic acids is 2. The molecule has 0 spiro atoms. The molecule has 2 amide bonds. The zero-order chi connectivity index (χ0) is 18.6. The first kappa shape index (κ1) is 18.5. The van der Waals surface area contributed by atoms with Crippen LogP contribution in [0.1, 0.15) is 37.5 Å². The van der Waals surface area contributed by atoms with E-state index in [0.717, 1.165) is 24.8 Å². The Kier molecular flexibility index (Phi) is 5.66. The van der Waals surface area contributed by atoms with Gasteiger partial charge in [-0.25, -0.2) is 0 Å². The molecule has 1 saturated carbocycles. The Bertz CT molecular complexity index is 771. The number of anilines is 1. The molecule has 6 nitrogen and oxygen atoms in total. The second-order valence-electron chi connectivity index (χ2n) is 6.62. The van der Waals surface area contributed by atoms with E-state index in [0.29, 0.717) is 11.6 Å². The number of benzene rings is 1. The zero-order valence-corrected chi connectivity index (χ0v) is 15.8. The quantitative estimate of drug-likeness (QED) is 0.778. The predicted molar refractivity (Wildman–Crippen MR) is 102 cm³/mol. The molecule has 138 valence electrons. The van der Waals surface area contributed by atoms with E-state index in [2.05, 4.69) is 27.9 Å². The lowest BCUT2D eigenvalue weighted by molar-refractivity contribution is -0.121. The number of thioether (sulfide) groups is 1. The number of hydrogen-bond acceptors (Lipinski definition) is 5. The van der Waals surface area contributed by atoms with Crippen molar-refractivity contribution in [2.45, 2.75) is 43.9 Å². The second-order valence-corrected chi connectivity index (χ2v) is 7.94. The molecule has 7 heteroatoms. The molecule has 26 heavy (non-hydrogen) atoms. The summed E-state index contributed by atoms with van der Waals surface area (Å²) < 4.78 is 4.92. The molecule has 1 aliphatic rings. The molecule has 3 rings (SSSR count). The first-order valence-electron chi connectivity index (χ1n) is 8.71. The summed E-state index contributed by atoms with van der Waals surface area (Å²) in [6.45, 7) is 3.53. The summed E-state index contributed by atoms with van der Waals surface area (Å²) in [6, 6.07) is 11.7. The molecule has 1 heterocycles. The summed E-state index contributed by atoms with van der Waals surface area (Å²) in [4.78, 5) is 24.6. The van der Waals surface area contributed by atoms with Crippen LogP contribution in [0.5, 0.6) is 0 Å². The third kappa shape index (κ3) is 4.27. The van der Waals surface area contributed by atoms with Crippen molar-refractivity contribution in [3.8, 4) is 0 Å². The number of amides is 2. The number of rotatable bonds is 7. The van der Waals surface area contributed by atoms with Crippen LogP contribution in [0.4, 0.5) is 5.82 Å². The first-order chi connectivity index (χ1) is 12.5. The average molecular weight is 373 g/mol. The lowest BCUT2D eigenvalue weighted by atomic mass is 9.72. The van der Waals surface area contributed by atoms with Gasteiger partial charge in [0.25, 0.3) is 0 Å². The van der Waals surface area contributed by atoms with E-state index in [9.17, 15) is 9.59 Å². The maximum Gasteiger partial charge on any atom is 0.238 e. The van der Waals surface area contributed by atoms with E-state index in [-0.39, 0.29) is 28.4 Å². The van der Waals surface area contributed by atoms with Crippen LogP contribution in [-0.4, -0.2) is 28.0 Å². The van der Waals surface area contributed by atoms with Crippen molar-refractivity contribution >= 4 is 29.4 Å². The molecule has 1 aromatic carbocycles. The van der Waals surface area contributed by atoms with Gasteiger partial charge in [-0.3, -0.25) is 9.59 Å². The molecule has 0 radical (unpaired) electrons. The minimum absolute atomic E-state index is 0.0458. The van der Waals surface area contributed by atoms with Crippen LogP contribution in [-0.2, 0) is 15.1 Å². The Morgan fingerprint density at radius 1 is 1.31 bits per heavy atom. The van der Waals surface area contributed by atoms with Gasteiger partial charge in [-0.1, -0.05) is 35.5 Å². The van der Waals surface area contributed by atoms with E-state index in [1.807, 2.05) is 18.2 Å². The van der Waals surface area contributed by atoms with Crippen molar-refractivity contribution in [3.63, 3.8) is 0 Å². The topological polar surface area (TPSA) is 84.2 Å². The highest BCUT2D eigenvalue weighted by atomic mass is 32.2. The van der Waals surface area contributed by atoms with Gasteiger partial charge in [-0.15, -0.1) is 11.8 Å². The monoisotopic (exact) mass is 373 g/mol. The average Bonchev–Trinajstić information content (AvgIpc) is 3.01. The predicted octanol–water partition coefficient (Wildman–Crippen LogP) is 3.24. The highest BCUT2D eigenvalue weighted by molar-refractivity contribution is 8.01. The van der Waals surface area contributed by atoms with E-state index >= 15 is 0 Å². The lowest BCUT2D eigenvalue weighted by Crippen LogP contribution is -2.51. The van der Waals surface area contributed by atoms with Gasteiger partial charge < -0.3 is 15.2 Å². The highest BCUT2D eigenvalue weighted by Crippen LogP contribution is 2.41. The van der Waals surface area contributed by atoms with Crippen LogP contribution in [0.3, 0.4) is 0 Å². The van der Waals surface area contributed by atoms with Crippen LogP contribution in [0.2, 0.25) is 0 Å². The summed E-state index contributed by atoms with van der Waals surface area (Å²) in [5, 5.41) is 9.23. The normalized spacial score (nSPS) is 16.4. The van der Waals surface area contributed by atoms with E-state index in [1.165, 1.54) is 11.8 Å². The molecule has 1 aromatic heterocycles. The second kappa shape index (κ2) is 7.95. The van der Waals surface area contributed by atoms with E-state index in [1.54, 1.807) is 19.9 Å². The summed E-state index contributed by atoms with van der Waals surface area (Å²) in [5.74, 6) is 1.02. The minimum Gasteiger partial charge on any atom is -0.360 e. The van der Waals surface area contributed by atoms with Crippen LogP contribution in [0.25, 0.3) is 0 Å². The SMILES string of the molecule is Cc1cc(NC(=O)C(C)SCC(=O)NC2(c3ccccc3)CCC2)no1. The third-order valence-corrected chi connectivity index (χ3v) is 5.77. The van der Waals surface area contributed by atoms with Gasteiger partial charge in [0.15, 0.2) is 5.82 Å². The minimum atomic E-state index is -0.369. The smallest absolute Gasteiger partial charge is 0.238 e. The summed E-state index contributed by atoms with van der Waals surface area (Å²) >= 11 is 1.31. The Labute approximate surface area is 157 Å². The molecule has 0 saturated heterocycles. The Morgan fingerprint density at radius 3 is 2.62 bits per heavy atom. The number of nitrogens with zero attached hydrogens (tertiary/aromatic N) is 1. The molecule has 1 atom stereocenters. The van der Waals surface area contributed by atoms with Gasteiger partial charge in [0.1, 0.15) is 5.76 Å². The van der Waals surface area contributed by atoms with Crippen LogP contribution >= 0.6 is 11.8 Å². The van der Waals surface area contributed by atoms with Crippen molar-refractivity contribution in [1.29, 1.82) is 0 Å². The molecule has 2 N–H and O–H groups in total. The fourth-order valence-electron chi connectivity index (χ4n) is 3.01. The largest absolute Gasteiger partial charge is 0.360 e. The Hall–Kier alpha value is -2.28. The van der Waals surface area contributed by atoms with Gasteiger partial charge in [0, 0.05) is 6.07 Å².